The van der Waals surface area contributed by atoms with Gasteiger partial charge in [-0.05, 0) is 13.8 Å². The minimum absolute atomic E-state index is 0.170. The molecule has 1 saturated heterocycles. The van der Waals surface area contributed by atoms with Crippen molar-refractivity contribution in [2.24, 2.45) is 0 Å². The quantitative estimate of drug-likeness (QED) is 0.872. The number of morpholine rings is 1. The Hall–Kier alpha value is -2.14. The number of anilines is 1. The van der Waals surface area contributed by atoms with Gasteiger partial charge in [-0.2, -0.15) is 0 Å². The normalized spacial score (nSPS) is 21.7. The molecule has 1 aromatic carbocycles. The summed E-state index contributed by atoms with van der Waals surface area (Å²) >= 11 is 0. The van der Waals surface area contributed by atoms with Crippen LogP contribution in [0.5, 0.6) is 5.75 Å². The van der Waals surface area contributed by atoms with Crippen LogP contribution in [0.2, 0.25) is 0 Å². The zero-order valence-electron chi connectivity index (χ0n) is 13.2. The Labute approximate surface area is 130 Å². The average Bonchev–Trinajstić information content (AvgIpc) is 2.54. The molecule has 0 spiro atoms. The fourth-order valence-electron chi connectivity index (χ4n) is 2.81. The second-order valence-electron chi connectivity index (χ2n) is 5.61. The number of rotatable bonds is 3. The number of benzene rings is 1. The van der Waals surface area contributed by atoms with Crippen LogP contribution in [0.3, 0.4) is 0 Å². The smallest absolute Gasteiger partial charge is 0.179 e. The van der Waals surface area contributed by atoms with Crippen molar-refractivity contribution < 1.29 is 9.47 Å². The van der Waals surface area contributed by atoms with Crippen molar-refractivity contribution >= 4 is 5.82 Å². The number of ether oxygens (including phenoxy) is 2. The Kier molecular flexibility index (Phi) is 4.24. The third-order valence-corrected chi connectivity index (χ3v) is 3.71. The van der Waals surface area contributed by atoms with Gasteiger partial charge in [-0.25, -0.2) is 9.97 Å². The van der Waals surface area contributed by atoms with E-state index in [0.29, 0.717) is 11.6 Å². The van der Waals surface area contributed by atoms with Gasteiger partial charge in [0, 0.05) is 18.7 Å². The van der Waals surface area contributed by atoms with E-state index in [1.54, 1.807) is 13.3 Å². The molecule has 5 nitrogen and oxygen atoms in total. The van der Waals surface area contributed by atoms with Crippen LogP contribution in [0.1, 0.15) is 13.8 Å². The van der Waals surface area contributed by atoms with Crippen molar-refractivity contribution in [1.82, 2.24) is 9.97 Å². The van der Waals surface area contributed by atoms with Crippen LogP contribution in [0.4, 0.5) is 5.82 Å². The number of aromatic nitrogens is 2. The van der Waals surface area contributed by atoms with Crippen molar-refractivity contribution in [2.75, 3.05) is 25.1 Å². The van der Waals surface area contributed by atoms with Crippen molar-refractivity contribution in [2.45, 2.75) is 26.1 Å². The second kappa shape index (κ2) is 6.32. The summed E-state index contributed by atoms with van der Waals surface area (Å²) in [6, 6.07) is 9.98. The largest absolute Gasteiger partial charge is 0.491 e. The Morgan fingerprint density at radius 2 is 1.82 bits per heavy atom. The fourth-order valence-corrected chi connectivity index (χ4v) is 2.81. The molecule has 5 heteroatoms. The predicted octanol–water partition coefficient (Wildman–Crippen LogP) is 2.77. The summed E-state index contributed by atoms with van der Waals surface area (Å²) in [5.74, 6) is 2.24. The van der Waals surface area contributed by atoms with E-state index in [1.807, 2.05) is 30.3 Å². The third kappa shape index (κ3) is 3.04. The van der Waals surface area contributed by atoms with E-state index in [1.165, 1.54) is 0 Å². The van der Waals surface area contributed by atoms with Gasteiger partial charge >= 0.3 is 0 Å². The molecule has 22 heavy (non-hydrogen) atoms. The summed E-state index contributed by atoms with van der Waals surface area (Å²) in [7, 11) is 1.65. The molecule has 0 saturated carbocycles. The highest BCUT2D eigenvalue weighted by Gasteiger charge is 2.26. The highest BCUT2D eigenvalue weighted by atomic mass is 16.5. The highest BCUT2D eigenvalue weighted by Crippen LogP contribution is 2.30. The second-order valence-corrected chi connectivity index (χ2v) is 5.61. The number of nitrogens with zero attached hydrogens (tertiary/aromatic N) is 3. The van der Waals surface area contributed by atoms with Gasteiger partial charge in [-0.3, -0.25) is 0 Å². The maximum Gasteiger partial charge on any atom is 0.179 e. The molecule has 2 heterocycles. The molecular weight excluding hydrogens is 278 g/mol. The van der Waals surface area contributed by atoms with Crippen LogP contribution in [-0.2, 0) is 4.74 Å². The first-order valence-corrected chi connectivity index (χ1v) is 7.54. The van der Waals surface area contributed by atoms with Crippen LogP contribution in [0.15, 0.2) is 36.5 Å². The van der Waals surface area contributed by atoms with Gasteiger partial charge in [0.1, 0.15) is 0 Å². The predicted molar refractivity (Wildman–Crippen MR) is 86.2 cm³/mol. The first kappa shape index (κ1) is 14.8. The van der Waals surface area contributed by atoms with Crippen LogP contribution in [-0.4, -0.2) is 42.4 Å². The minimum atomic E-state index is 0.170. The van der Waals surface area contributed by atoms with Crippen molar-refractivity contribution in [1.29, 1.82) is 0 Å². The van der Waals surface area contributed by atoms with Crippen LogP contribution >= 0.6 is 0 Å². The van der Waals surface area contributed by atoms with Gasteiger partial charge in [0.15, 0.2) is 17.4 Å². The summed E-state index contributed by atoms with van der Waals surface area (Å²) in [5.41, 5.74) is 1.00. The fraction of sp³-hybridized carbons (Fsp3) is 0.412. The molecule has 0 unspecified atom stereocenters. The van der Waals surface area contributed by atoms with Crippen molar-refractivity contribution in [3.8, 4) is 17.1 Å². The third-order valence-electron chi connectivity index (χ3n) is 3.71. The van der Waals surface area contributed by atoms with Crippen LogP contribution in [0, 0.1) is 0 Å². The molecular formula is C17H21N3O2. The minimum Gasteiger partial charge on any atom is -0.491 e. The van der Waals surface area contributed by atoms with Gasteiger partial charge in [-0.15, -0.1) is 0 Å². The lowest BCUT2D eigenvalue weighted by atomic mass is 10.2. The summed E-state index contributed by atoms with van der Waals surface area (Å²) in [6.45, 7) is 5.75. The maximum absolute atomic E-state index is 5.80. The van der Waals surface area contributed by atoms with Crippen LogP contribution in [0.25, 0.3) is 11.4 Å². The summed E-state index contributed by atoms with van der Waals surface area (Å²) < 4.78 is 11.3. The van der Waals surface area contributed by atoms with Crippen LogP contribution < -0.4 is 9.64 Å². The number of hydrogen-bond donors (Lipinski definition) is 0. The maximum atomic E-state index is 5.80. The van der Waals surface area contributed by atoms with Gasteiger partial charge in [0.25, 0.3) is 0 Å². The molecule has 116 valence electrons. The Morgan fingerprint density at radius 1 is 1.14 bits per heavy atom. The molecule has 3 rings (SSSR count). The SMILES string of the molecule is COc1cnc(-c2ccccc2)nc1N1C[C@@H](C)O[C@H](C)C1. The van der Waals surface area contributed by atoms with E-state index >= 15 is 0 Å². The van der Waals surface area contributed by atoms with Crippen molar-refractivity contribution in [3.05, 3.63) is 36.5 Å². The molecule has 0 radical (unpaired) electrons. The molecule has 0 aliphatic carbocycles. The zero-order valence-corrected chi connectivity index (χ0v) is 13.2. The monoisotopic (exact) mass is 299 g/mol. The molecule has 2 aromatic rings. The standard InChI is InChI=1S/C17H21N3O2/c1-12-10-20(11-13(2)22-12)17-15(21-3)9-18-16(19-17)14-7-5-4-6-8-14/h4-9,12-13H,10-11H2,1-3H3/t12-,13-/m1/s1. The van der Waals surface area contributed by atoms with Gasteiger partial charge < -0.3 is 14.4 Å². The highest BCUT2D eigenvalue weighted by molar-refractivity contribution is 5.61. The van der Waals surface area contributed by atoms with Crippen molar-refractivity contribution in [3.63, 3.8) is 0 Å². The molecule has 0 amide bonds. The number of hydrogen-bond acceptors (Lipinski definition) is 5. The summed E-state index contributed by atoms with van der Waals surface area (Å²) in [5, 5.41) is 0. The van der Waals surface area contributed by atoms with E-state index in [2.05, 4.69) is 23.7 Å². The Balaban J connectivity index is 1.98. The topological polar surface area (TPSA) is 47.5 Å². The number of methoxy groups -OCH3 is 1. The van der Waals surface area contributed by atoms with Gasteiger partial charge in [0.05, 0.1) is 25.5 Å². The van der Waals surface area contributed by atoms with E-state index in [4.69, 9.17) is 14.5 Å². The van der Waals surface area contributed by atoms with E-state index in [9.17, 15) is 0 Å². The lowest BCUT2D eigenvalue weighted by Gasteiger charge is -2.36. The molecule has 2 atom stereocenters. The van der Waals surface area contributed by atoms with Gasteiger partial charge in [-0.1, -0.05) is 30.3 Å². The summed E-state index contributed by atoms with van der Waals surface area (Å²) in [6.07, 6.45) is 2.09. The van der Waals surface area contributed by atoms with E-state index < -0.39 is 0 Å². The first-order valence-electron chi connectivity index (χ1n) is 7.54. The Morgan fingerprint density at radius 3 is 2.45 bits per heavy atom. The molecule has 0 N–H and O–H groups in total. The lowest BCUT2D eigenvalue weighted by molar-refractivity contribution is -0.00558. The molecule has 1 aliphatic rings. The molecule has 0 bridgehead atoms. The molecule has 1 fully saturated rings. The molecule has 1 aliphatic heterocycles. The Bertz CT molecular complexity index is 623. The average molecular weight is 299 g/mol. The van der Waals surface area contributed by atoms with E-state index in [0.717, 1.165) is 24.5 Å². The lowest BCUT2D eigenvalue weighted by Crippen LogP contribution is -2.46. The van der Waals surface area contributed by atoms with E-state index in [-0.39, 0.29) is 12.2 Å². The summed E-state index contributed by atoms with van der Waals surface area (Å²) in [4.78, 5) is 11.4. The zero-order chi connectivity index (χ0) is 15.5. The first-order chi connectivity index (χ1) is 10.7. The van der Waals surface area contributed by atoms with Gasteiger partial charge in [0.2, 0.25) is 0 Å². The molecule has 1 aromatic heterocycles.